The average Bonchev–Trinajstić information content (AvgIpc) is 3.29. The van der Waals surface area contributed by atoms with Crippen molar-refractivity contribution in [1.29, 1.82) is 0 Å². The number of aryl methyl sites for hydroxylation is 2. The predicted octanol–water partition coefficient (Wildman–Crippen LogP) is 2.51. The predicted molar refractivity (Wildman–Crippen MR) is 111 cm³/mol. The van der Waals surface area contributed by atoms with E-state index in [1.807, 2.05) is 11.8 Å². The number of anilines is 1. The molecule has 3 aromatic heterocycles. The molecule has 4 rings (SSSR count). The lowest BCUT2D eigenvalue weighted by atomic mass is 10.1. The quantitative estimate of drug-likeness (QED) is 0.647. The van der Waals surface area contributed by atoms with E-state index in [0.29, 0.717) is 30.0 Å². The van der Waals surface area contributed by atoms with E-state index in [1.165, 1.54) is 16.6 Å². The highest BCUT2D eigenvalue weighted by atomic mass is 32.1. The van der Waals surface area contributed by atoms with Crippen LogP contribution in [0.1, 0.15) is 33.4 Å². The second kappa shape index (κ2) is 7.82. The number of esters is 1. The maximum absolute atomic E-state index is 12.9. The summed E-state index contributed by atoms with van der Waals surface area (Å²) >= 11 is 1.74. The van der Waals surface area contributed by atoms with Gasteiger partial charge < -0.3 is 15.0 Å². The number of thiophene rings is 1. The van der Waals surface area contributed by atoms with Gasteiger partial charge in [-0.25, -0.2) is 9.78 Å². The van der Waals surface area contributed by atoms with Crippen molar-refractivity contribution in [3.63, 3.8) is 0 Å². The molecule has 1 amide bonds. The Hall–Kier alpha value is -2.94. The molecule has 0 unspecified atom stereocenters. The molecule has 0 atom stereocenters. The molecule has 1 aliphatic heterocycles. The van der Waals surface area contributed by atoms with Gasteiger partial charge in [-0.05, 0) is 37.3 Å². The Morgan fingerprint density at radius 3 is 3.00 bits per heavy atom. The fourth-order valence-corrected chi connectivity index (χ4v) is 4.59. The maximum atomic E-state index is 12.9. The van der Waals surface area contributed by atoms with E-state index in [9.17, 15) is 9.59 Å². The third kappa shape index (κ3) is 3.57. The molecule has 4 heterocycles. The highest BCUT2D eigenvalue weighted by Gasteiger charge is 2.24. The minimum absolute atomic E-state index is 0.0110. The van der Waals surface area contributed by atoms with Gasteiger partial charge in [0.15, 0.2) is 5.65 Å². The first-order valence-electron chi connectivity index (χ1n) is 9.56. The first kappa shape index (κ1) is 19.4. The first-order valence-corrected chi connectivity index (χ1v) is 10.4. The number of carbonyl (C=O) groups excluding carboxylic acids is 2. The SMILES string of the molecule is CCOC(=O)c1cnc2c(c(C)nn2C)c1NCC(=O)N1CCc2sccc2C1. The van der Waals surface area contributed by atoms with E-state index >= 15 is 0 Å². The van der Waals surface area contributed by atoms with Crippen LogP contribution in [0.15, 0.2) is 17.6 Å². The van der Waals surface area contributed by atoms with Crippen molar-refractivity contribution < 1.29 is 14.3 Å². The Morgan fingerprint density at radius 2 is 2.21 bits per heavy atom. The zero-order chi connectivity index (χ0) is 20.5. The zero-order valence-corrected chi connectivity index (χ0v) is 17.5. The Labute approximate surface area is 172 Å². The fourth-order valence-electron chi connectivity index (χ4n) is 3.70. The smallest absolute Gasteiger partial charge is 0.341 e. The Morgan fingerprint density at radius 1 is 1.38 bits per heavy atom. The van der Waals surface area contributed by atoms with E-state index in [0.717, 1.165) is 17.5 Å². The number of hydrogen-bond donors (Lipinski definition) is 1. The van der Waals surface area contributed by atoms with Crippen LogP contribution in [0.25, 0.3) is 11.0 Å². The third-order valence-corrected chi connectivity index (χ3v) is 6.12. The number of nitrogens with zero attached hydrogens (tertiary/aromatic N) is 4. The lowest BCUT2D eigenvalue weighted by Gasteiger charge is -2.27. The second-order valence-electron chi connectivity index (χ2n) is 6.96. The summed E-state index contributed by atoms with van der Waals surface area (Å²) in [4.78, 5) is 32.9. The summed E-state index contributed by atoms with van der Waals surface area (Å²) in [5, 5.41) is 10.4. The number of carbonyl (C=O) groups is 2. The number of rotatable bonds is 5. The molecule has 0 radical (unpaired) electrons. The highest BCUT2D eigenvalue weighted by Crippen LogP contribution is 2.29. The van der Waals surface area contributed by atoms with Crippen LogP contribution in [0.4, 0.5) is 5.69 Å². The van der Waals surface area contributed by atoms with Crippen molar-refractivity contribution in [2.24, 2.45) is 7.05 Å². The number of amides is 1. The summed E-state index contributed by atoms with van der Waals surface area (Å²) in [5.74, 6) is -0.482. The van der Waals surface area contributed by atoms with Crippen LogP contribution in [-0.2, 0) is 29.5 Å². The van der Waals surface area contributed by atoms with Crippen LogP contribution >= 0.6 is 11.3 Å². The largest absolute Gasteiger partial charge is 0.462 e. The molecule has 3 aromatic rings. The summed E-state index contributed by atoms with van der Waals surface area (Å²) in [6, 6.07) is 2.08. The molecule has 29 heavy (non-hydrogen) atoms. The number of aromatic nitrogens is 3. The summed E-state index contributed by atoms with van der Waals surface area (Å²) in [6.45, 7) is 5.29. The van der Waals surface area contributed by atoms with E-state index in [1.54, 1.807) is 30.0 Å². The van der Waals surface area contributed by atoms with Crippen LogP contribution in [0, 0.1) is 6.92 Å². The van der Waals surface area contributed by atoms with Gasteiger partial charge in [-0.15, -0.1) is 11.3 Å². The molecule has 0 aliphatic carbocycles. The molecule has 0 fully saturated rings. The third-order valence-electron chi connectivity index (χ3n) is 5.10. The summed E-state index contributed by atoms with van der Waals surface area (Å²) < 4.78 is 6.84. The summed E-state index contributed by atoms with van der Waals surface area (Å²) in [7, 11) is 1.80. The van der Waals surface area contributed by atoms with Crippen molar-refractivity contribution in [3.05, 3.63) is 39.3 Å². The molecular weight excluding hydrogens is 390 g/mol. The van der Waals surface area contributed by atoms with Crippen LogP contribution in [0.3, 0.4) is 0 Å². The number of pyridine rings is 1. The number of fused-ring (bicyclic) bond motifs is 2. The normalized spacial score (nSPS) is 13.4. The summed E-state index contributed by atoms with van der Waals surface area (Å²) in [5.41, 5.74) is 3.45. The van der Waals surface area contributed by atoms with Gasteiger partial charge in [0.1, 0.15) is 5.56 Å². The van der Waals surface area contributed by atoms with Gasteiger partial charge in [0.05, 0.1) is 29.9 Å². The van der Waals surface area contributed by atoms with Crippen molar-refractivity contribution in [2.45, 2.75) is 26.8 Å². The van der Waals surface area contributed by atoms with Gasteiger partial charge in [-0.2, -0.15) is 5.10 Å². The van der Waals surface area contributed by atoms with Crippen molar-refractivity contribution in [1.82, 2.24) is 19.7 Å². The molecular formula is C20H23N5O3S. The Balaban J connectivity index is 1.60. The maximum Gasteiger partial charge on any atom is 0.341 e. The Bertz CT molecular complexity index is 1090. The molecule has 0 bridgehead atoms. The monoisotopic (exact) mass is 413 g/mol. The number of hydrogen-bond acceptors (Lipinski definition) is 7. The van der Waals surface area contributed by atoms with Gasteiger partial charge >= 0.3 is 5.97 Å². The lowest BCUT2D eigenvalue weighted by Crippen LogP contribution is -2.39. The fraction of sp³-hybridized carbons (Fsp3) is 0.400. The van der Waals surface area contributed by atoms with Crippen LogP contribution in [-0.4, -0.2) is 51.2 Å². The molecule has 8 nitrogen and oxygen atoms in total. The topological polar surface area (TPSA) is 89.3 Å². The molecule has 9 heteroatoms. The molecule has 1 N–H and O–H groups in total. The van der Waals surface area contributed by atoms with Gasteiger partial charge in [0, 0.05) is 31.2 Å². The van der Waals surface area contributed by atoms with E-state index in [4.69, 9.17) is 4.74 Å². The van der Waals surface area contributed by atoms with Gasteiger partial charge in [-0.3, -0.25) is 9.48 Å². The first-order chi connectivity index (χ1) is 14.0. The van der Waals surface area contributed by atoms with Gasteiger partial charge in [-0.1, -0.05) is 0 Å². The van der Waals surface area contributed by atoms with E-state index in [-0.39, 0.29) is 19.1 Å². The second-order valence-corrected chi connectivity index (χ2v) is 7.96. The van der Waals surface area contributed by atoms with Crippen molar-refractivity contribution in [2.75, 3.05) is 25.0 Å². The van der Waals surface area contributed by atoms with Crippen molar-refractivity contribution in [3.8, 4) is 0 Å². The molecule has 0 aromatic carbocycles. The van der Waals surface area contributed by atoms with Crippen molar-refractivity contribution >= 4 is 39.9 Å². The van der Waals surface area contributed by atoms with Gasteiger partial charge in [0.2, 0.25) is 5.91 Å². The minimum Gasteiger partial charge on any atom is -0.462 e. The summed E-state index contributed by atoms with van der Waals surface area (Å²) in [6.07, 6.45) is 2.36. The van der Waals surface area contributed by atoms with E-state index < -0.39 is 5.97 Å². The zero-order valence-electron chi connectivity index (χ0n) is 16.7. The lowest BCUT2D eigenvalue weighted by molar-refractivity contribution is -0.130. The molecule has 0 spiro atoms. The van der Waals surface area contributed by atoms with E-state index in [2.05, 4.69) is 26.8 Å². The number of ether oxygens (including phenoxy) is 1. The number of nitrogens with one attached hydrogen (secondary N) is 1. The Kier molecular flexibility index (Phi) is 5.23. The molecule has 152 valence electrons. The van der Waals surface area contributed by atoms with Crippen LogP contribution in [0.5, 0.6) is 0 Å². The standard InChI is InChI=1S/C20H23N5O3S/c1-4-28-20(27)14-9-22-19-17(12(2)23-24(19)3)18(14)21-10-16(26)25-7-5-15-13(11-25)6-8-29-15/h6,8-9H,4-5,7,10-11H2,1-3H3,(H,21,22). The van der Waals surface area contributed by atoms with Crippen LogP contribution < -0.4 is 5.32 Å². The average molecular weight is 414 g/mol. The van der Waals surface area contributed by atoms with Crippen LogP contribution in [0.2, 0.25) is 0 Å². The highest BCUT2D eigenvalue weighted by molar-refractivity contribution is 7.10. The molecule has 0 saturated carbocycles. The minimum atomic E-state index is -0.471. The molecule has 1 aliphatic rings. The molecule has 0 saturated heterocycles. The van der Waals surface area contributed by atoms with Gasteiger partial charge in [0.25, 0.3) is 0 Å².